The molecule has 2 N–H and O–H groups in total. The minimum Gasteiger partial charge on any atom is -0.481 e. The van der Waals surface area contributed by atoms with Crippen LogP contribution in [0.4, 0.5) is 8.78 Å². The first-order chi connectivity index (χ1) is 19.1. The summed E-state index contributed by atoms with van der Waals surface area (Å²) in [6.07, 6.45) is 6.53. The molecule has 6 nitrogen and oxygen atoms in total. The van der Waals surface area contributed by atoms with Crippen LogP contribution in [-0.4, -0.2) is 34.2 Å². The van der Waals surface area contributed by atoms with Gasteiger partial charge in [-0.25, -0.2) is 0 Å². The second-order valence-electron chi connectivity index (χ2n) is 14.1. The molecule has 0 spiro atoms. The average Bonchev–Trinajstić information content (AvgIpc) is 3.15. The van der Waals surface area contributed by atoms with Crippen LogP contribution in [0.5, 0.6) is 5.75 Å². The summed E-state index contributed by atoms with van der Waals surface area (Å²) in [5.41, 5.74) is 3.50. The monoisotopic (exact) mass is 572 g/mol. The average molecular weight is 573 g/mol. The third kappa shape index (κ3) is 6.95. The smallest absolute Gasteiger partial charge is 0.387 e. The Labute approximate surface area is 242 Å². The number of aromatic nitrogens is 1. The van der Waals surface area contributed by atoms with E-state index >= 15 is 0 Å². The van der Waals surface area contributed by atoms with E-state index in [0.29, 0.717) is 47.7 Å². The normalized spacial score (nSPS) is 20.1. The van der Waals surface area contributed by atoms with Crippen LogP contribution < -0.4 is 10.1 Å². The lowest BCUT2D eigenvalue weighted by Gasteiger charge is -2.32. The molecule has 0 aliphatic heterocycles. The molecule has 2 aromatic rings. The maximum atomic E-state index is 13.9. The van der Waals surface area contributed by atoms with Gasteiger partial charge in [0.1, 0.15) is 5.75 Å². The number of alkyl halides is 2. The second kappa shape index (κ2) is 11.8. The van der Waals surface area contributed by atoms with Crippen molar-refractivity contribution in [3.63, 3.8) is 0 Å². The summed E-state index contributed by atoms with van der Waals surface area (Å²) in [6, 6.07) is 5.55. The lowest BCUT2D eigenvalue weighted by Crippen LogP contribution is -2.46. The Hall–Kier alpha value is -2.90. The molecule has 1 aromatic carbocycles. The minimum absolute atomic E-state index is 0.151. The molecular weight excluding hydrogens is 526 g/mol. The molecule has 41 heavy (non-hydrogen) atoms. The largest absolute Gasteiger partial charge is 0.481 e. The van der Waals surface area contributed by atoms with Gasteiger partial charge in [0.2, 0.25) is 0 Å². The van der Waals surface area contributed by atoms with Crippen molar-refractivity contribution < 1.29 is 28.2 Å². The van der Waals surface area contributed by atoms with Gasteiger partial charge in [0.05, 0.1) is 17.2 Å². The number of nitrogens with zero attached hydrogens (tertiary/aromatic N) is 1. The van der Waals surface area contributed by atoms with Crippen LogP contribution in [0.1, 0.15) is 114 Å². The SMILES string of the molecule is Cc1c(C(=O)NC2CC(C(=O)O)C2)cc(-c2cc(C(C)(C)C)cc(C(C)(C)C)c2OC(F)F)n1CC1CCCCC1. The Bertz CT molecular complexity index is 1270. The Morgan fingerprint density at radius 2 is 1.66 bits per heavy atom. The van der Waals surface area contributed by atoms with E-state index in [1.165, 1.54) is 6.42 Å². The van der Waals surface area contributed by atoms with Crippen LogP contribution in [0.2, 0.25) is 0 Å². The van der Waals surface area contributed by atoms with Crippen molar-refractivity contribution in [3.05, 3.63) is 40.6 Å². The third-order valence-electron chi connectivity index (χ3n) is 8.85. The molecule has 0 radical (unpaired) electrons. The van der Waals surface area contributed by atoms with E-state index in [0.717, 1.165) is 36.9 Å². The first-order valence-corrected chi connectivity index (χ1v) is 14.9. The molecule has 0 atom stereocenters. The van der Waals surface area contributed by atoms with Crippen LogP contribution in [0.3, 0.4) is 0 Å². The van der Waals surface area contributed by atoms with Crippen molar-refractivity contribution >= 4 is 11.9 Å². The highest BCUT2D eigenvalue weighted by molar-refractivity contribution is 5.97. The molecule has 2 aliphatic carbocycles. The van der Waals surface area contributed by atoms with Gasteiger partial charge >= 0.3 is 12.6 Å². The van der Waals surface area contributed by atoms with Gasteiger partial charge in [0, 0.05) is 29.4 Å². The summed E-state index contributed by atoms with van der Waals surface area (Å²) >= 11 is 0. The Kier molecular flexibility index (Phi) is 8.91. The van der Waals surface area contributed by atoms with E-state index in [9.17, 15) is 23.5 Å². The molecular formula is C33H46F2N2O4. The molecule has 0 bridgehead atoms. The Morgan fingerprint density at radius 1 is 1.02 bits per heavy atom. The number of aliphatic carboxylic acids is 1. The Morgan fingerprint density at radius 3 is 2.20 bits per heavy atom. The third-order valence-corrected chi connectivity index (χ3v) is 8.85. The number of hydrogen-bond donors (Lipinski definition) is 2. The summed E-state index contributed by atoms with van der Waals surface area (Å²) in [5, 5.41) is 12.2. The van der Waals surface area contributed by atoms with Gasteiger partial charge in [-0.3, -0.25) is 9.59 Å². The van der Waals surface area contributed by atoms with Crippen molar-refractivity contribution in [1.82, 2.24) is 9.88 Å². The zero-order chi connectivity index (χ0) is 30.3. The number of carboxylic acids is 1. The minimum atomic E-state index is -3.00. The molecule has 2 aliphatic rings. The predicted molar refractivity (Wildman–Crippen MR) is 157 cm³/mol. The highest BCUT2D eigenvalue weighted by Crippen LogP contribution is 2.45. The number of carbonyl (C=O) groups is 2. The van der Waals surface area contributed by atoms with Gasteiger partial charge in [-0.1, -0.05) is 66.9 Å². The molecule has 226 valence electrons. The molecule has 4 rings (SSSR count). The molecule has 0 saturated heterocycles. The van der Waals surface area contributed by atoms with E-state index in [-0.39, 0.29) is 23.1 Å². The molecule has 0 unspecified atom stereocenters. The van der Waals surface area contributed by atoms with E-state index in [1.54, 1.807) is 0 Å². The fourth-order valence-electron chi connectivity index (χ4n) is 6.19. The summed E-state index contributed by atoms with van der Waals surface area (Å²) in [4.78, 5) is 24.8. The van der Waals surface area contributed by atoms with E-state index in [2.05, 4.69) is 30.7 Å². The number of benzene rings is 1. The number of halogens is 2. The lowest BCUT2D eigenvalue weighted by atomic mass is 9.78. The quantitative estimate of drug-likeness (QED) is 0.338. The van der Waals surface area contributed by atoms with Gasteiger partial charge in [0.15, 0.2) is 0 Å². The van der Waals surface area contributed by atoms with Crippen molar-refractivity contribution in [3.8, 4) is 17.0 Å². The number of carboxylic acid groups (broad SMARTS) is 1. The highest BCUT2D eigenvalue weighted by atomic mass is 19.3. The van der Waals surface area contributed by atoms with Gasteiger partial charge in [-0.05, 0) is 67.1 Å². The topological polar surface area (TPSA) is 80.6 Å². The fraction of sp³-hybridized carbons (Fsp3) is 0.636. The lowest BCUT2D eigenvalue weighted by molar-refractivity contribution is -0.145. The molecule has 1 aromatic heterocycles. The summed E-state index contributed by atoms with van der Waals surface area (Å²) in [5.74, 6) is -0.956. The van der Waals surface area contributed by atoms with Gasteiger partial charge in [-0.2, -0.15) is 8.78 Å². The van der Waals surface area contributed by atoms with Gasteiger partial charge in [-0.15, -0.1) is 0 Å². The van der Waals surface area contributed by atoms with E-state index in [4.69, 9.17) is 4.74 Å². The van der Waals surface area contributed by atoms with Gasteiger partial charge in [0.25, 0.3) is 5.91 Å². The number of amides is 1. The van der Waals surface area contributed by atoms with Crippen molar-refractivity contribution in [1.29, 1.82) is 0 Å². The zero-order valence-corrected chi connectivity index (χ0v) is 25.6. The standard InChI is InChI=1S/C33H46F2N2O4/c1-19-24(29(38)36-23-13-21(14-23)30(39)40)17-27(37(19)18-20-11-9-8-10-12-20)25-15-22(32(2,3)4)16-26(33(5,6)7)28(25)41-31(34)35/h15-17,20-21,23,31H,8-14,18H2,1-7H3,(H,36,38)(H,39,40). The number of ether oxygens (including phenoxy) is 1. The maximum Gasteiger partial charge on any atom is 0.387 e. The zero-order valence-electron chi connectivity index (χ0n) is 25.6. The molecule has 1 amide bonds. The van der Waals surface area contributed by atoms with Crippen LogP contribution in [0, 0.1) is 18.8 Å². The molecule has 8 heteroatoms. The molecule has 2 fully saturated rings. The van der Waals surface area contributed by atoms with E-state index in [1.807, 2.05) is 45.9 Å². The second-order valence-corrected chi connectivity index (χ2v) is 14.1. The van der Waals surface area contributed by atoms with Crippen LogP contribution in [0.25, 0.3) is 11.3 Å². The van der Waals surface area contributed by atoms with Crippen molar-refractivity contribution in [2.45, 2.75) is 123 Å². The van der Waals surface area contributed by atoms with E-state index < -0.39 is 23.9 Å². The predicted octanol–water partition coefficient (Wildman–Crippen LogP) is 7.83. The number of carbonyl (C=O) groups excluding carboxylic acids is 1. The highest BCUT2D eigenvalue weighted by Gasteiger charge is 2.36. The number of nitrogens with one attached hydrogen (secondary N) is 1. The summed E-state index contributed by atoms with van der Waals surface area (Å²) < 4.78 is 35.3. The Balaban J connectivity index is 1.87. The summed E-state index contributed by atoms with van der Waals surface area (Å²) in [7, 11) is 0. The first kappa shape index (κ1) is 31.0. The molecule has 2 saturated carbocycles. The first-order valence-electron chi connectivity index (χ1n) is 14.9. The van der Waals surface area contributed by atoms with Crippen molar-refractivity contribution in [2.24, 2.45) is 11.8 Å². The van der Waals surface area contributed by atoms with Crippen molar-refractivity contribution in [2.75, 3.05) is 0 Å². The number of rotatable bonds is 8. The number of hydrogen-bond acceptors (Lipinski definition) is 3. The van der Waals surface area contributed by atoms with Crippen LogP contribution >= 0.6 is 0 Å². The van der Waals surface area contributed by atoms with Gasteiger partial charge < -0.3 is 19.7 Å². The van der Waals surface area contributed by atoms with Crippen LogP contribution in [-0.2, 0) is 22.2 Å². The fourth-order valence-corrected chi connectivity index (χ4v) is 6.19. The summed E-state index contributed by atoms with van der Waals surface area (Å²) in [6.45, 7) is 11.9. The maximum absolute atomic E-state index is 13.9. The molecule has 1 heterocycles. The van der Waals surface area contributed by atoms with Crippen LogP contribution in [0.15, 0.2) is 18.2 Å².